The molecular weight excluding hydrogens is 224 g/mol. The number of rotatable bonds is 0. The van der Waals surface area contributed by atoms with Gasteiger partial charge in [-0.25, -0.2) is 0 Å². The average molecular weight is 229 g/mol. The first-order chi connectivity index (χ1) is 5.68. The summed E-state index contributed by atoms with van der Waals surface area (Å²) >= 11 is 3.25. The number of aromatic nitrogens is 2. The van der Waals surface area contributed by atoms with Crippen molar-refractivity contribution >= 4 is 33.5 Å². The number of nitrogen functional groups attached to an aromatic ring is 2. The first kappa shape index (κ1) is 7.41. The van der Waals surface area contributed by atoms with Gasteiger partial charge < -0.3 is 11.5 Å². The van der Waals surface area contributed by atoms with Crippen molar-refractivity contribution in [1.82, 2.24) is 9.97 Å². The van der Waals surface area contributed by atoms with Crippen molar-refractivity contribution in [3.8, 4) is 0 Å². The summed E-state index contributed by atoms with van der Waals surface area (Å²) in [6, 6.07) is 0. The molecule has 0 radical (unpaired) electrons. The molecule has 0 amide bonds. The molecule has 0 aliphatic carbocycles. The number of hydrogen-bond acceptors (Lipinski definition) is 6. The number of fused-ring (bicyclic) bond motifs is 1. The molecule has 0 aromatic carbocycles. The second-order valence-electron chi connectivity index (χ2n) is 2.26. The molecule has 0 fully saturated rings. The van der Waals surface area contributed by atoms with E-state index in [2.05, 4.69) is 36.1 Å². The minimum Gasteiger partial charge on any atom is -0.383 e. The van der Waals surface area contributed by atoms with E-state index in [1.165, 1.54) is 0 Å². The number of alkyl halides is 1. The van der Waals surface area contributed by atoms with E-state index < -0.39 is 0 Å². The highest BCUT2D eigenvalue weighted by atomic mass is 79.9. The third-order valence-electron chi connectivity index (χ3n) is 1.46. The highest BCUT2D eigenvalue weighted by Gasteiger charge is 2.23. The quantitative estimate of drug-likeness (QED) is 0.514. The van der Waals surface area contributed by atoms with Crippen molar-refractivity contribution in [2.75, 3.05) is 11.5 Å². The van der Waals surface area contributed by atoms with Gasteiger partial charge in [0.15, 0.2) is 10.8 Å². The zero-order chi connectivity index (χ0) is 8.72. The molecule has 1 aliphatic heterocycles. The Labute approximate surface area is 76.2 Å². The molecular formula is C5H5BrN6. The zero-order valence-corrected chi connectivity index (χ0v) is 7.48. The molecule has 2 rings (SSSR count). The molecule has 2 heterocycles. The molecule has 7 heteroatoms. The van der Waals surface area contributed by atoms with Gasteiger partial charge in [0, 0.05) is 0 Å². The van der Waals surface area contributed by atoms with Gasteiger partial charge in [0.05, 0.1) is 5.56 Å². The SMILES string of the molecule is Nc1nc(N)c2c(n1)N=N[C@@H]2Br. The van der Waals surface area contributed by atoms with Gasteiger partial charge in [0.25, 0.3) is 0 Å². The van der Waals surface area contributed by atoms with Gasteiger partial charge >= 0.3 is 0 Å². The molecule has 0 saturated carbocycles. The lowest BCUT2D eigenvalue weighted by molar-refractivity contribution is 1.02. The second-order valence-corrected chi connectivity index (χ2v) is 3.12. The predicted octanol–water partition coefficient (Wildman–Crippen LogP) is 1.13. The van der Waals surface area contributed by atoms with Crippen LogP contribution < -0.4 is 11.5 Å². The molecule has 0 unspecified atom stereocenters. The molecule has 1 aliphatic rings. The second kappa shape index (κ2) is 2.37. The highest BCUT2D eigenvalue weighted by molar-refractivity contribution is 9.09. The molecule has 4 N–H and O–H groups in total. The van der Waals surface area contributed by atoms with Gasteiger partial charge in [-0.3, -0.25) is 0 Å². The van der Waals surface area contributed by atoms with Gasteiger partial charge in [-0.15, -0.1) is 5.11 Å². The maximum Gasteiger partial charge on any atom is 0.224 e. The number of nitrogens with zero attached hydrogens (tertiary/aromatic N) is 4. The molecule has 62 valence electrons. The normalized spacial score (nSPS) is 19.6. The van der Waals surface area contributed by atoms with Crippen LogP contribution in [0.3, 0.4) is 0 Å². The van der Waals surface area contributed by atoms with Crippen molar-refractivity contribution in [2.24, 2.45) is 10.2 Å². The smallest absolute Gasteiger partial charge is 0.224 e. The Bertz CT molecular complexity index is 361. The van der Waals surface area contributed by atoms with Crippen LogP contribution in [0.25, 0.3) is 0 Å². The number of hydrogen-bond donors (Lipinski definition) is 2. The topological polar surface area (TPSA) is 103 Å². The first-order valence-corrected chi connectivity index (χ1v) is 4.08. The van der Waals surface area contributed by atoms with Crippen LogP contribution in [0, 0.1) is 0 Å². The van der Waals surface area contributed by atoms with Crippen LogP contribution in [0.5, 0.6) is 0 Å². The lowest BCUT2D eigenvalue weighted by Gasteiger charge is -2.02. The number of anilines is 2. The molecule has 6 nitrogen and oxygen atoms in total. The third kappa shape index (κ3) is 0.934. The van der Waals surface area contributed by atoms with Crippen LogP contribution in [-0.2, 0) is 0 Å². The van der Waals surface area contributed by atoms with Gasteiger partial charge in [-0.05, 0) is 0 Å². The Hall–Kier alpha value is -1.24. The zero-order valence-electron chi connectivity index (χ0n) is 5.90. The molecule has 0 saturated heterocycles. The standard InChI is InChI=1S/C5H5BrN6/c6-2-1-3(7)9-5(8)10-4(1)12-11-2/h2H,(H4,7,8,9,10)/t2-/m0/s1. The Kier molecular flexibility index (Phi) is 1.47. The van der Waals surface area contributed by atoms with E-state index in [1.807, 2.05) is 0 Å². The third-order valence-corrected chi connectivity index (χ3v) is 2.11. The summed E-state index contributed by atoms with van der Waals surface area (Å²) in [4.78, 5) is 7.41. The number of azo groups is 1. The Morgan fingerprint density at radius 1 is 1.25 bits per heavy atom. The summed E-state index contributed by atoms with van der Waals surface area (Å²) in [7, 11) is 0. The van der Waals surface area contributed by atoms with E-state index >= 15 is 0 Å². The minimum absolute atomic E-state index is 0.117. The van der Waals surface area contributed by atoms with Crippen LogP contribution in [0.2, 0.25) is 0 Å². The van der Waals surface area contributed by atoms with Gasteiger partial charge in [-0.1, -0.05) is 15.9 Å². The molecule has 0 bridgehead atoms. The molecule has 12 heavy (non-hydrogen) atoms. The number of halogens is 1. The van der Waals surface area contributed by atoms with E-state index in [1.54, 1.807) is 0 Å². The summed E-state index contributed by atoms with van der Waals surface area (Å²) in [5.41, 5.74) is 11.6. The van der Waals surface area contributed by atoms with E-state index in [4.69, 9.17) is 11.5 Å². The van der Waals surface area contributed by atoms with Gasteiger partial charge in [0.1, 0.15) is 5.82 Å². The van der Waals surface area contributed by atoms with Crippen molar-refractivity contribution in [3.05, 3.63) is 5.56 Å². The van der Waals surface area contributed by atoms with Crippen LogP contribution in [0.4, 0.5) is 17.6 Å². The fourth-order valence-electron chi connectivity index (χ4n) is 0.960. The Morgan fingerprint density at radius 2 is 2.00 bits per heavy atom. The average Bonchev–Trinajstić information content (AvgIpc) is 2.31. The fraction of sp³-hybridized carbons (Fsp3) is 0.200. The maximum absolute atomic E-state index is 5.58. The summed E-state index contributed by atoms with van der Waals surface area (Å²) in [5.74, 6) is 0.887. The Morgan fingerprint density at radius 3 is 2.75 bits per heavy atom. The summed E-state index contributed by atoms with van der Waals surface area (Å²) < 4.78 is 0. The van der Waals surface area contributed by atoms with Crippen molar-refractivity contribution in [1.29, 1.82) is 0 Å². The van der Waals surface area contributed by atoms with Crippen LogP contribution in [0.15, 0.2) is 10.2 Å². The van der Waals surface area contributed by atoms with Crippen LogP contribution in [0.1, 0.15) is 10.5 Å². The molecule has 1 aromatic rings. The van der Waals surface area contributed by atoms with E-state index in [0.717, 1.165) is 0 Å². The maximum atomic E-state index is 5.58. The number of nitrogens with two attached hydrogens (primary N) is 2. The van der Waals surface area contributed by atoms with E-state index in [9.17, 15) is 0 Å². The minimum atomic E-state index is -0.243. The predicted molar refractivity (Wildman–Crippen MR) is 47.0 cm³/mol. The van der Waals surface area contributed by atoms with E-state index in [0.29, 0.717) is 17.2 Å². The first-order valence-electron chi connectivity index (χ1n) is 3.16. The summed E-state index contributed by atoms with van der Waals surface area (Å²) in [6.07, 6.45) is 0. The molecule has 1 aromatic heterocycles. The lowest BCUT2D eigenvalue weighted by Crippen LogP contribution is -2.02. The summed E-state index contributed by atoms with van der Waals surface area (Å²) in [6.45, 7) is 0. The fourth-order valence-corrected chi connectivity index (χ4v) is 1.49. The van der Waals surface area contributed by atoms with Crippen molar-refractivity contribution in [3.63, 3.8) is 0 Å². The van der Waals surface area contributed by atoms with Gasteiger partial charge in [-0.2, -0.15) is 15.1 Å². The molecule has 1 atom stereocenters. The Balaban J connectivity index is 2.66. The van der Waals surface area contributed by atoms with E-state index in [-0.39, 0.29) is 10.9 Å². The summed E-state index contributed by atoms with van der Waals surface area (Å²) in [5, 5.41) is 7.58. The van der Waals surface area contributed by atoms with Crippen LogP contribution >= 0.6 is 15.9 Å². The van der Waals surface area contributed by atoms with Gasteiger partial charge in [0.2, 0.25) is 5.95 Å². The lowest BCUT2D eigenvalue weighted by atomic mass is 10.3. The van der Waals surface area contributed by atoms with Crippen LogP contribution in [-0.4, -0.2) is 9.97 Å². The highest BCUT2D eigenvalue weighted by Crippen LogP contribution is 2.40. The van der Waals surface area contributed by atoms with Crippen molar-refractivity contribution in [2.45, 2.75) is 4.95 Å². The largest absolute Gasteiger partial charge is 0.383 e. The monoisotopic (exact) mass is 228 g/mol. The van der Waals surface area contributed by atoms with Crippen molar-refractivity contribution < 1.29 is 0 Å². The molecule has 0 spiro atoms.